The van der Waals surface area contributed by atoms with Crippen molar-refractivity contribution >= 4 is 11.6 Å². The molecule has 120 valence electrons. The second kappa shape index (κ2) is 12.1. The number of halogens is 1. The number of benzene rings is 1. The van der Waals surface area contributed by atoms with E-state index in [0.717, 1.165) is 0 Å². The first-order valence-electron chi connectivity index (χ1n) is 8.93. The second-order valence-electron chi connectivity index (χ2n) is 6.28. The van der Waals surface area contributed by atoms with Crippen LogP contribution in [0.5, 0.6) is 0 Å². The predicted octanol–water partition coefficient (Wildman–Crippen LogP) is 7.20. The highest BCUT2D eigenvalue weighted by Gasteiger charge is 2.04. The number of unbranched alkanes of at least 4 members (excludes halogenated alkanes) is 9. The van der Waals surface area contributed by atoms with Crippen LogP contribution in [0, 0.1) is 6.92 Å². The van der Waals surface area contributed by atoms with E-state index < -0.39 is 0 Å². The van der Waals surface area contributed by atoms with Gasteiger partial charge >= 0.3 is 0 Å². The molecule has 0 aliphatic carbocycles. The quantitative estimate of drug-likeness (QED) is 0.283. The van der Waals surface area contributed by atoms with Crippen LogP contribution in [0.1, 0.15) is 87.8 Å². The van der Waals surface area contributed by atoms with Gasteiger partial charge in [-0.05, 0) is 36.5 Å². The predicted molar refractivity (Wildman–Crippen MR) is 96.3 cm³/mol. The fourth-order valence-corrected chi connectivity index (χ4v) is 3.37. The molecule has 1 heteroatoms. The smallest absolute Gasteiger partial charge is 0.0479 e. The molecule has 1 rings (SSSR count). The van der Waals surface area contributed by atoms with Gasteiger partial charge in [0.15, 0.2) is 0 Å². The second-order valence-corrected chi connectivity index (χ2v) is 6.55. The third kappa shape index (κ3) is 7.90. The maximum absolute atomic E-state index is 6.07. The van der Waals surface area contributed by atoms with Crippen molar-refractivity contribution in [2.45, 2.75) is 90.4 Å². The van der Waals surface area contributed by atoms with Crippen molar-refractivity contribution in [1.29, 1.82) is 0 Å². The average Bonchev–Trinajstić information content (AvgIpc) is 2.49. The molecule has 0 saturated carbocycles. The summed E-state index contributed by atoms with van der Waals surface area (Å²) in [6, 6.07) is 6.58. The van der Waals surface area contributed by atoms with E-state index in [1.807, 2.05) is 0 Å². The molecule has 0 aromatic heterocycles. The first kappa shape index (κ1) is 18.6. The maximum atomic E-state index is 6.07. The summed E-state index contributed by atoms with van der Waals surface area (Å²) < 4.78 is 0. The van der Waals surface area contributed by atoms with Crippen molar-refractivity contribution in [2.75, 3.05) is 0 Å². The number of alkyl halides is 1. The molecule has 0 atom stereocenters. The molecule has 0 N–H and O–H groups in total. The molecular formula is C20H33Cl. The molecular weight excluding hydrogens is 276 g/mol. The number of hydrogen-bond donors (Lipinski definition) is 0. The van der Waals surface area contributed by atoms with Crippen LogP contribution >= 0.6 is 11.6 Å². The molecule has 0 aliphatic rings. The van der Waals surface area contributed by atoms with E-state index in [1.54, 1.807) is 0 Å². The molecule has 21 heavy (non-hydrogen) atoms. The Kier molecular flexibility index (Phi) is 10.7. The summed E-state index contributed by atoms with van der Waals surface area (Å²) in [7, 11) is 0. The molecule has 0 aliphatic heterocycles. The largest absolute Gasteiger partial charge is 0.122 e. The maximum Gasteiger partial charge on any atom is 0.0479 e. The van der Waals surface area contributed by atoms with Gasteiger partial charge in [0.2, 0.25) is 0 Å². The van der Waals surface area contributed by atoms with Crippen LogP contribution < -0.4 is 0 Å². The van der Waals surface area contributed by atoms with Gasteiger partial charge in [-0.3, -0.25) is 0 Å². The van der Waals surface area contributed by atoms with Crippen molar-refractivity contribution in [3.05, 3.63) is 34.9 Å². The summed E-state index contributed by atoms with van der Waals surface area (Å²) >= 11 is 6.07. The molecule has 0 unspecified atom stereocenters. The van der Waals surface area contributed by atoms with Gasteiger partial charge in [0.1, 0.15) is 0 Å². The van der Waals surface area contributed by atoms with E-state index in [9.17, 15) is 0 Å². The van der Waals surface area contributed by atoms with Crippen LogP contribution in [0.15, 0.2) is 18.2 Å². The minimum Gasteiger partial charge on any atom is -0.122 e. The molecule has 1 aromatic rings. The summed E-state index contributed by atoms with van der Waals surface area (Å²) in [5, 5.41) is 0. The normalized spacial score (nSPS) is 11.0. The highest BCUT2D eigenvalue weighted by atomic mass is 35.5. The molecule has 0 saturated heterocycles. The SMILES string of the molecule is CCCCCCCCCCCCc1cccc(C)c1CCl. The standard InChI is InChI=1S/C20H33Cl/c1-3-4-5-6-7-8-9-10-11-12-15-19-16-13-14-18(2)20(19)17-21/h13-14,16H,3-12,15,17H2,1-2H3. The van der Waals surface area contributed by atoms with Crippen LogP contribution in [-0.4, -0.2) is 0 Å². The van der Waals surface area contributed by atoms with Crippen molar-refractivity contribution < 1.29 is 0 Å². The first-order chi connectivity index (χ1) is 10.3. The van der Waals surface area contributed by atoms with Crippen molar-refractivity contribution in [1.82, 2.24) is 0 Å². The highest BCUT2D eigenvalue weighted by Crippen LogP contribution is 2.19. The van der Waals surface area contributed by atoms with Crippen molar-refractivity contribution in [3.63, 3.8) is 0 Å². The Morgan fingerprint density at radius 3 is 1.95 bits per heavy atom. The fraction of sp³-hybridized carbons (Fsp3) is 0.700. The van der Waals surface area contributed by atoms with Crippen LogP contribution in [-0.2, 0) is 12.3 Å². The molecule has 0 nitrogen and oxygen atoms in total. The summed E-state index contributed by atoms with van der Waals surface area (Å²) in [5.41, 5.74) is 4.16. The van der Waals surface area contributed by atoms with Crippen LogP contribution in [0.2, 0.25) is 0 Å². The van der Waals surface area contributed by atoms with E-state index in [2.05, 4.69) is 32.0 Å². The van der Waals surface area contributed by atoms with Crippen molar-refractivity contribution in [3.8, 4) is 0 Å². The molecule has 0 amide bonds. The average molecular weight is 309 g/mol. The zero-order chi connectivity index (χ0) is 15.3. The Morgan fingerprint density at radius 1 is 0.810 bits per heavy atom. The van der Waals surface area contributed by atoms with Crippen LogP contribution in [0.4, 0.5) is 0 Å². The minimum absolute atomic E-state index is 0.653. The van der Waals surface area contributed by atoms with Crippen LogP contribution in [0.25, 0.3) is 0 Å². The lowest BCUT2D eigenvalue weighted by Gasteiger charge is -2.10. The fourth-order valence-electron chi connectivity index (χ4n) is 2.99. The van der Waals surface area contributed by atoms with Gasteiger partial charge in [-0.2, -0.15) is 0 Å². The third-order valence-corrected chi connectivity index (χ3v) is 4.71. The Labute approximate surface area is 137 Å². The zero-order valence-corrected chi connectivity index (χ0v) is 14.9. The molecule has 0 spiro atoms. The number of hydrogen-bond acceptors (Lipinski definition) is 0. The van der Waals surface area contributed by atoms with Gasteiger partial charge in [-0.25, -0.2) is 0 Å². The Morgan fingerprint density at radius 2 is 1.38 bits per heavy atom. The summed E-state index contributed by atoms with van der Waals surface area (Å²) in [5.74, 6) is 0.653. The molecule has 0 radical (unpaired) electrons. The van der Waals surface area contributed by atoms with Gasteiger partial charge in [0.25, 0.3) is 0 Å². The van der Waals surface area contributed by atoms with E-state index in [-0.39, 0.29) is 0 Å². The van der Waals surface area contributed by atoms with Crippen LogP contribution in [0.3, 0.4) is 0 Å². The summed E-state index contributed by atoms with van der Waals surface area (Å²) in [6.07, 6.45) is 15.2. The number of rotatable bonds is 12. The minimum atomic E-state index is 0.653. The lowest BCUT2D eigenvalue weighted by atomic mass is 9.98. The van der Waals surface area contributed by atoms with E-state index >= 15 is 0 Å². The van der Waals surface area contributed by atoms with E-state index in [4.69, 9.17) is 11.6 Å². The Balaban J connectivity index is 2.06. The zero-order valence-electron chi connectivity index (χ0n) is 14.1. The van der Waals surface area contributed by atoms with Gasteiger partial charge in [-0.1, -0.05) is 82.9 Å². The first-order valence-corrected chi connectivity index (χ1v) is 9.46. The molecule has 0 bridgehead atoms. The summed E-state index contributed by atoms with van der Waals surface area (Å²) in [6.45, 7) is 4.45. The third-order valence-electron chi connectivity index (χ3n) is 4.44. The lowest BCUT2D eigenvalue weighted by molar-refractivity contribution is 0.556. The Hall–Kier alpha value is -0.490. The van der Waals surface area contributed by atoms with E-state index in [1.165, 1.54) is 87.3 Å². The summed E-state index contributed by atoms with van der Waals surface area (Å²) in [4.78, 5) is 0. The van der Waals surface area contributed by atoms with Crippen molar-refractivity contribution in [2.24, 2.45) is 0 Å². The van der Waals surface area contributed by atoms with Gasteiger partial charge in [0, 0.05) is 5.88 Å². The van der Waals surface area contributed by atoms with Gasteiger partial charge in [-0.15, -0.1) is 11.6 Å². The highest BCUT2D eigenvalue weighted by molar-refractivity contribution is 6.17. The topological polar surface area (TPSA) is 0 Å². The monoisotopic (exact) mass is 308 g/mol. The number of aryl methyl sites for hydroxylation is 2. The molecule has 0 fully saturated rings. The lowest BCUT2D eigenvalue weighted by Crippen LogP contribution is -1.95. The van der Waals surface area contributed by atoms with Gasteiger partial charge < -0.3 is 0 Å². The molecule has 1 aromatic carbocycles. The van der Waals surface area contributed by atoms with E-state index in [0.29, 0.717) is 5.88 Å². The molecule has 0 heterocycles. The Bertz CT molecular complexity index is 370. The van der Waals surface area contributed by atoms with Gasteiger partial charge in [0.05, 0.1) is 0 Å².